The summed E-state index contributed by atoms with van der Waals surface area (Å²) in [5, 5.41) is 15.5. The molecule has 118 valence electrons. The number of thiazole rings is 1. The van der Waals surface area contributed by atoms with Crippen molar-refractivity contribution in [3.05, 3.63) is 16.1 Å². The predicted octanol–water partition coefficient (Wildman–Crippen LogP) is -0.249. The lowest BCUT2D eigenvalue weighted by Crippen LogP contribution is -2.40. The van der Waals surface area contributed by atoms with Gasteiger partial charge >= 0.3 is 12.0 Å². The molecule has 11 heteroatoms. The van der Waals surface area contributed by atoms with Gasteiger partial charge in [0.2, 0.25) is 10.0 Å². The van der Waals surface area contributed by atoms with Gasteiger partial charge < -0.3 is 15.7 Å². The summed E-state index contributed by atoms with van der Waals surface area (Å²) < 4.78 is 24.4. The van der Waals surface area contributed by atoms with Gasteiger partial charge in [-0.05, 0) is 14.0 Å². The first-order chi connectivity index (χ1) is 9.75. The molecule has 21 heavy (non-hydrogen) atoms. The molecule has 0 spiro atoms. The van der Waals surface area contributed by atoms with Crippen LogP contribution in [-0.2, 0) is 10.0 Å². The van der Waals surface area contributed by atoms with Gasteiger partial charge in [0.25, 0.3) is 0 Å². The molecule has 9 nitrogen and oxygen atoms in total. The minimum atomic E-state index is -3.37. The highest BCUT2D eigenvalue weighted by molar-refractivity contribution is 7.89. The zero-order valence-electron chi connectivity index (χ0n) is 11.4. The van der Waals surface area contributed by atoms with E-state index in [9.17, 15) is 18.0 Å². The van der Waals surface area contributed by atoms with Crippen molar-refractivity contribution in [2.24, 2.45) is 0 Å². The minimum absolute atomic E-state index is 0.0417. The maximum atomic E-state index is 11.6. The number of rotatable bonds is 7. The lowest BCUT2D eigenvalue weighted by atomic mass is 10.3. The van der Waals surface area contributed by atoms with E-state index in [2.05, 4.69) is 20.3 Å². The molecule has 0 bridgehead atoms. The Morgan fingerprint density at radius 3 is 2.67 bits per heavy atom. The molecule has 1 unspecified atom stereocenters. The highest BCUT2D eigenvalue weighted by atomic mass is 32.2. The molecule has 0 aromatic carbocycles. The standard InChI is InChI=1S/C10H16N4O5S2/c1-6(8-14-7(5-20-8)9(15)16)13-10(17)12-3-4-21(18,19)11-2/h5-6,11H,3-4H2,1-2H3,(H,15,16)(H2,12,13,17). The summed E-state index contributed by atoms with van der Waals surface area (Å²) in [6.45, 7) is 1.61. The molecule has 0 fully saturated rings. The van der Waals surface area contributed by atoms with E-state index in [1.54, 1.807) is 6.92 Å². The minimum Gasteiger partial charge on any atom is -0.476 e. The summed E-state index contributed by atoms with van der Waals surface area (Å²) in [5.41, 5.74) is -0.0795. The average Bonchev–Trinajstić information content (AvgIpc) is 2.88. The van der Waals surface area contributed by atoms with Gasteiger partial charge in [-0.25, -0.2) is 27.7 Å². The smallest absolute Gasteiger partial charge is 0.355 e. The number of amides is 2. The number of urea groups is 1. The Morgan fingerprint density at radius 2 is 2.14 bits per heavy atom. The first-order valence-electron chi connectivity index (χ1n) is 5.89. The highest BCUT2D eigenvalue weighted by Crippen LogP contribution is 2.17. The molecule has 0 aliphatic rings. The molecular formula is C10H16N4O5S2. The van der Waals surface area contributed by atoms with Crippen LogP contribution >= 0.6 is 11.3 Å². The van der Waals surface area contributed by atoms with Crippen molar-refractivity contribution in [3.8, 4) is 0 Å². The molecule has 4 N–H and O–H groups in total. The maximum absolute atomic E-state index is 11.6. The number of carboxylic acids is 1. The lowest BCUT2D eigenvalue weighted by molar-refractivity contribution is 0.0691. The van der Waals surface area contributed by atoms with Gasteiger partial charge in [0.1, 0.15) is 5.01 Å². The molecule has 1 aromatic heterocycles. The number of carbonyl (C=O) groups excluding carboxylic acids is 1. The fourth-order valence-electron chi connectivity index (χ4n) is 1.30. The second-order valence-electron chi connectivity index (χ2n) is 4.02. The number of nitrogens with one attached hydrogen (secondary N) is 3. The third-order valence-electron chi connectivity index (χ3n) is 2.43. The van der Waals surface area contributed by atoms with Crippen LogP contribution in [-0.4, -0.2) is 49.9 Å². The first-order valence-corrected chi connectivity index (χ1v) is 8.42. The van der Waals surface area contributed by atoms with Crippen LogP contribution in [0.4, 0.5) is 4.79 Å². The van der Waals surface area contributed by atoms with Crippen LogP contribution in [0.1, 0.15) is 28.5 Å². The van der Waals surface area contributed by atoms with Gasteiger partial charge in [-0.2, -0.15) is 0 Å². The molecule has 1 rings (SSSR count). The van der Waals surface area contributed by atoms with Crippen LogP contribution < -0.4 is 15.4 Å². The molecule has 0 aliphatic heterocycles. The zero-order chi connectivity index (χ0) is 16.0. The Labute approximate surface area is 125 Å². The summed E-state index contributed by atoms with van der Waals surface area (Å²) in [5.74, 6) is -1.36. The molecule has 1 atom stereocenters. The summed E-state index contributed by atoms with van der Waals surface area (Å²) in [6, 6.07) is -1.04. The first kappa shape index (κ1) is 17.3. The van der Waals surface area contributed by atoms with Crippen LogP contribution in [0.3, 0.4) is 0 Å². The van der Waals surface area contributed by atoms with Crippen molar-refractivity contribution in [1.82, 2.24) is 20.3 Å². The monoisotopic (exact) mass is 336 g/mol. The van der Waals surface area contributed by atoms with Crippen molar-refractivity contribution in [2.75, 3.05) is 19.3 Å². The van der Waals surface area contributed by atoms with Crippen LogP contribution in [0.2, 0.25) is 0 Å². The molecule has 1 heterocycles. The number of sulfonamides is 1. The number of hydrogen-bond acceptors (Lipinski definition) is 6. The van der Waals surface area contributed by atoms with Crippen LogP contribution in [0.15, 0.2) is 5.38 Å². The van der Waals surface area contributed by atoms with Gasteiger partial charge in [-0.1, -0.05) is 0 Å². The number of nitrogens with zero attached hydrogens (tertiary/aromatic N) is 1. The summed E-state index contributed by atoms with van der Waals surface area (Å²) in [4.78, 5) is 26.1. The number of aromatic nitrogens is 1. The second-order valence-corrected chi connectivity index (χ2v) is 6.96. The summed E-state index contributed by atoms with van der Waals surface area (Å²) in [7, 11) is -2.08. The number of hydrogen-bond donors (Lipinski definition) is 4. The number of carbonyl (C=O) groups is 2. The van der Waals surface area contributed by atoms with E-state index >= 15 is 0 Å². The van der Waals surface area contributed by atoms with E-state index in [4.69, 9.17) is 5.11 Å². The molecule has 2 amide bonds. The Bertz CT molecular complexity index is 613. The Kier molecular flexibility index (Phi) is 6.05. The SMILES string of the molecule is CNS(=O)(=O)CCNC(=O)NC(C)c1nc(C(=O)O)cs1. The maximum Gasteiger partial charge on any atom is 0.355 e. The largest absolute Gasteiger partial charge is 0.476 e. The van der Waals surface area contributed by atoms with Gasteiger partial charge in [-0.15, -0.1) is 11.3 Å². The molecule has 0 aliphatic carbocycles. The highest BCUT2D eigenvalue weighted by Gasteiger charge is 2.16. The van der Waals surface area contributed by atoms with Crippen molar-refractivity contribution >= 4 is 33.4 Å². The lowest BCUT2D eigenvalue weighted by Gasteiger charge is -2.12. The van der Waals surface area contributed by atoms with Gasteiger partial charge in [0.15, 0.2) is 5.69 Å². The van der Waals surface area contributed by atoms with Crippen LogP contribution in [0, 0.1) is 0 Å². The normalized spacial score (nSPS) is 12.7. The Morgan fingerprint density at radius 1 is 1.48 bits per heavy atom. The van der Waals surface area contributed by atoms with Crippen molar-refractivity contribution in [3.63, 3.8) is 0 Å². The number of carboxylic acid groups (broad SMARTS) is 1. The fourth-order valence-corrected chi connectivity index (χ4v) is 2.67. The topological polar surface area (TPSA) is 137 Å². The van der Waals surface area contributed by atoms with E-state index in [0.717, 1.165) is 11.3 Å². The van der Waals surface area contributed by atoms with Gasteiger partial charge in [-0.3, -0.25) is 0 Å². The molecular weight excluding hydrogens is 320 g/mol. The predicted molar refractivity (Wildman–Crippen MR) is 76.9 cm³/mol. The number of aromatic carboxylic acids is 1. The average molecular weight is 336 g/mol. The van der Waals surface area contributed by atoms with Gasteiger partial charge in [0.05, 0.1) is 11.8 Å². The van der Waals surface area contributed by atoms with Crippen molar-refractivity contribution < 1.29 is 23.1 Å². The summed E-state index contributed by atoms with van der Waals surface area (Å²) >= 11 is 1.12. The van der Waals surface area contributed by atoms with Crippen LogP contribution in [0.5, 0.6) is 0 Å². The third-order valence-corrected chi connectivity index (χ3v) is 4.82. The Hall–Kier alpha value is -1.72. The van der Waals surface area contributed by atoms with E-state index in [1.165, 1.54) is 12.4 Å². The van der Waals surface area contributed by atoms with E-state index in [1.807, 2.05) is 0 Å². The molecule has 0 saturated carbocycles. The molecule has 0 radical (unpaired) electrons. The molecule has 0 saturated heterocycles. The van der Waals surface area contributed by atoms with E-state index in [0.29, 0.717) is 5.01 Å². The van der Waals surface area contributed by atoms with Crippen LogP contribution in [0.25, 0.3) is 0 Å². The van der Waals surface area contributed by atoms with Crippen molar-refractivity contribution in [1.29, 1.82) is 0 Å². The van der Waals surface area contributed by atoms with Crippen molar-refractivity contribution in [2.45, 2.75) is 13.0 Å². The molecule has 1 aromatic rings. The van der Waals surface area contributed by atoms with Gasteiger partial charge in [0, 0.05) is 11.9 Å². The van der Waals surface area contributed by atoms with E-state index < -0.39 is 28.1 Å². The zero-order valence-corrected chi connectivity index (χ0v) is 13.0. The summed E-state index contributed by atoms with van der Waals surface area (Å²) in [6.07, 6.45) is 0. The second kappa shape index (κ2) is 7.33. The fraction of sp³-hybridized carbons (Fsp3) is 0.500. The third kappa shape index (κ3) is 5.65. The Balaban J connectivity index is 2.45. The van der Waals surface area contributed by atoms with E-state index in [-0.39, 0.29) is 18.0 Å². The quantitative estimate of drug-likeness (QED) is 0.542.